The molecule has 122 valence electrons. The fraction of sp³-hybridized carbons (Fsp3) is 0.625. The number of piperidine rings is 1. The molecule has 0 aliphatic carbocycles. The lowest BCUT2D eigenvalue weighted by Gasteiger charge is -2.34. The van der Waals surface area contributed by atoms with E-state index in [0.29, 0.717) is 13.2 Å². The third-order valence-electron chi connectivity index (χ3n) is 3.31. The van der Waals surface area contributed by atoms with Crippen LogP contribution >= 0.6 is 15.9 Å². The Balaban J connectivity index is 1.84. The Morgan fingerprint density at radius 3 is 2.95 bits per heavy atom. The molecule has 1 aromatic heterocycles. The number of aromatic nitrogens is 1. The summed E-state index contributed by atoms with van der Waals surface area (Å²) in [5.41, 5.74) is 0.602. The van der Waals surface area contributed by atoms with Crippen molar-refractivity contribution in [3.8, 4) is 0 Å². The van der Waals surface area contributed by atoms with E-state index in [2.05, 4.69) is 20.9 Å². The number of ether oxygens (including phenoxy) is 2. The Morgan fingerprint density at radius 1 is 1.50 bits per heavy atom. The minimum absolute atomic E-state index is 0.0493. The van der Waals surface area contributed by atoms with Crippen molar-refractivity contribution in [2.24, 2.45) is 0 Å². The molecule has 1 aliphatic rings. The van der Waals surface area contributed by atoms with Crippen molar-refractivity contribution in [2.75, 3.05) is 13.1 Å². The van der Waals surface area contributed by atoms with E-state index in [1.807, 2.05) is 32.9 Å². The molecule has 2 rings (SSSR count). The average molecular weight is 371 g/mol. The average Bonchev–Trinajstić information content (AvgIpc) is 2.44. The molecule has 5 nitrogen and oxygen atoms in total. The van der Waals surface area contributed by atoms with Crippen LogP contribution in [0.5, 0.6) is 0 Å². The second-order valence-corrected chi connectivity index (χ2v) is 7.30. The fourth-order valence-electron chi connectivity index (χ4n) is 2.31. The maximum Gasteiger partial charge on any atom is 0.410 e. The maximum absolute atomic E-state index is 12.1. The van der Waals surface area contributed by atoms with Crippen LogP contribution in [0.4, 0.5) is 4.79 Å². The van der Waals surface area contributed by atoms with E-state index in [-0.39, 0.29) is 12.2 Å². The predicted octanol–water partition coefficient (Wildman–Crippen LogP) is 3.76. The van der Waals surface area contributed by atoms with Crippen molar-refractivity contribution in [1.82, 2.24) is 9.88 Å². The Bertz CT molecular complexity index is 516. The van der Waals surface area contributed by atoms with E-state index in [4.69, 9.17) is 9.47 Å². The highest BCUT2D eigenvalue weighted by Gasteiger charge is 2.27. The fourth-order valence-corrected chi connectivity index (χ4v) is 2.73. The van der Waals surface area contributed by atoms with Gasteiger partial charge in [-0.15, -0.1) is 0 Å². The summed E-state index contributed by atoms with van der Waals surface area (Å²) in [6, 6.07) is 3.87. The third-order valence-corrected chi connectivity index (χ3v) is 3.74. The van der Waals surface area contributed by atoms with E-state index in [9.17, 15) is 4.79 Å². The number of carbonyl (C=O) groups is 1. The van der Waals surface area contributed by atoms with Gasteiger partial charge in [0.1, 0.15) is 10.2 Å². The molecule has 0 saturated carbocycles. The molecule has 0 N–H and O–H groups in total. The molecule has 22 heavy (non-hydrogen) atoms. The molecule has 1 amide bonds. The van der Waals surface area contributed by atoms with Gasteiger partial charge in [0.05, 0.1) is 19.3 Å². The van der Waals surface area contributed by atoms with Gasteiger partial charge in [-0.25, -0.2) is 9.78 Å². The van der Waals surface area contributed by atoms with E-state index in [1.54, 1.807) is 11.1 Å². The van der Waals surface area contributed by atoms with Crippen LogP contribution in [-0.2, 0) is 16.1 Å². The van der Waals surface area contributed by atoms with Crippen LogP contribution in [0.2, 0.25) is 0 Å². The molecule has 2 heterocycles. The monoisotopic (exact) mass is 370 g/mol. The normalized spacial score (nSPS) is 19.1. The molecular formula is C16H23BrN2O3. The van der Waals surface area contributed by atoms with Crippen LogP contribution in [-0.4, -0.2) is 40.8 Å². The zero-order chi connectivity index (χ0) is 16.2. The first kappa shape index (κ1) is 17.2. The number of hydrogen-bond acceptors (Lipinski definition) is 4. The van der Waals surface area contributed by atoms with E-state index in [1.165, 1.54) is 0 Å². The quantitative estimate of drug-likeness (QED) is 0.760. The van der Waals surface area contributed by atoms with Gasteiger partial charge in [-0.3, -0.25) is 0 Å². The second kappa shape index (κ2) is 7.42. The molecule has 0 bridgehead atoms. The first-order valence-electron chi connectivity index (χ1n) is 7.53. The summed E-state index contributed by atoms with van der Waals surface area (Å²) >= 11 is 3.35. The van der Waals surface area contributed by atoms with Crippen molar-refractivity contribution >= 4 is 22.0 Å². The number of rotatable bonds is 3. The molecule has 6 heteroatoms. The largest absolute Gasteiger partial charge is 0.444 e. The summed E-state index contributed by atoms with van der Waals surface area (Å²) in [7, 11) is 0. The van der Waals surface area contributed by atoms with Gasteiger partial charge in [0.2, 0.25) is 0 Å². The van der Waals surface area contributed by atoms with Crippen LogP contribution in [0.3, 0.4) is 0 Å². The summed E-state index contributed by atoms with van der Waals surface area (Å²) < 4.78 is 12.2. The summed E-state index contributed by atoms with van der Waals surface area (Å²) in [5.74, 6) is 0. The minimum atomic E-state index is -0.464. The summed E-state index contributed by atoms with van der Waals surface area (Å²) in [4.78, 5) is 17.9. The second-order valence-electron chi connectivity index (χ2n) is 6.49. The topological polar surface area (TPSA) is 51.7 Å². The lowest BCUT2D eigenvalue weighted by Crippen LogP contribution is -2.45. The number of hydrogen-bond donors (Lipinski definition) is 0. The number of pyridine rings is 1. The smallest absolute Gasteiger partial charge is 0.410 e. The van der Waals surface area contributed by atoms with Crippen LogP contribution < -0.4 is 0 Å². The van der Waals surface area contributed by atoms with E-state index < -0.39 is 5.60 Å². The van der Waals surface area contributed by atoms with Crippen LogP contribution in [0.25, 0.3) is 0 Å². The number of nitrogens with zero attached hydrogens (tertiary/aromatic N) is 2. The van der Waals surface area contributed by atoms with Gasteiger partial charge in [0, 0.05) is 12.7 Å². The van der Waals surface area contributed by atoms with Gasteiger partial charge in [-0.1, -0.05) is 0 Å². The summed E-state index contributed by atoms with van der Waals surface area (Å²) in [6.45, 7) is 7.48. The van der Waals surface area contributed by atoms with E-state index in [0.717, 1.165) is 29.6 Å². The SMILES string of the molecule is CC(C)(C)OC(=O)N1CCC[C@@H](OCc2ccnc(Br)c2)C1. The lowest BCUT2D eigenvalue weighted by molar-refractivity contribution is -0.0259. The highest BCUT2D eigenvalue weighted by Crippen LogP contribution is 2.18. The molecule has 0 unspecified atom stereocenters. The van der Waals surface area contributed by atoms with Crippen molar-refractivity contribution < 1.29 is 14.3 Å². The molecule has 0 aromatic carbocycles. The van der Waals surface area contributed by atoms with Gasteiger partial charge in [-0.05, 0) is 67.2 Å². The molecule has 1 aromatic rings. The summed E-state index contributed by atoms with van der Waals surface area (Å²) in [5, 5.41) is 0. The highest BCUT2D eigenvalue weighted by atomic mass is 79.9. The van der Waals surface area contributed by atoms with Crippen molar-refractivity contribution in [1.29, 1.82) is 0 Å². The number of carbonyl (C=O) groups excluding carboxylic acids is 1. The Morgan fingerprint density at radius 2 is 2.27 bits per heavy atom. The molecule has 1 saturated heterocycles. The van der Waals surface area contributed by atoms with Crippen molar-refractivity contribution in [3.05, 3.63) is 28.5 Å². The van der Waals surface area contributed by atoms with Gasteiger partial charge >= 0.3 is 6.09 Å². The van der Waals surface area contributed by atoms with Crippen molar-refractivity contribution in [3.63, 3.8) is 0 Å². The predicted molar refractivity (Wildman–Crippen MR) is 87.6 cm³/mol. The van der Waals surface area contributed by atoms with Crippen molar-refractivity contribution in [2.45, 2.75) is 51.9 Å². The Labute approximate surface area is 140 Å². The number of halogens is 1. The lowest BCUT2D eigenvalue weighted by atomic mass is 10.1. The van der Waals surface area contributed by atoms with Gasteiger partial charge in [0.25, 0.3) is 0 Å². The Hall–Kier alpha value is -1.14. The summed E-state index contributed by atoms with van der Waals surface area (Å²) in [6.07, 6.45) is 3.44. The van der Waals surface area contributed by atoms with Gasteiger partial charge < -0.3 is 14.4 Å². The zero-order valence-corrected chi connectivity index (χ0v) is 14.9. The van der Waals surface area contributed by atoms with Crippen LogP contribution in [0.1, 0.15) is 39.2 Å². The first-order valence-corrected chi connectivity index (χ1v) is 8.33. The Kier molecular flexibility index (Phi) is 5.81. The van der Waals surface area contributed by atoms with Gasteiger partial charge in [0.15, 0.2) is 0 Å². The minimum Gasteiger partial charge on any atom is -0.444 e. The van der Waals surface area contributed by atoms with Gasteiger partial charge in [-0.2, -0.15) is 0 Å². The molecular weight excluding hydrogens is 348 g/mol. The number of amides is 1. The molecule has 1 aliphatic heterocycles. The molecule has 0 spiro atoms. The molecule has 1 fully saturated rings. The first-order chi connectivity index (χ1) is 10.3. The number of likely N-dealkylation sites (tertiary alicyclic amines) is 1. The van der Waals surface area contributed by atoms with E-state index >= 15 is 0 Å². The highest BCUT2D eigenvalue weighted by molar-refractivity contribution is 9.10. The zero-order valence-electron chi connectivity index (χ0n) is 13.3. The molecule has 1 atom stereocenters. The van der Waals surface area contributed by atoms with Crippen LogP contribution in [0, 0.1) is 0 Å². The third kappa shape index (κ3) is 5.57. The maximum atomic E-state index is 12.1. The standard InChI is InChI=1S/C16H23BrN2O3/c1-16(2,3)22-15(20)19-8-4-5-13(10-19)21-11-12-6-7-18-14(17)9-12/h6-7,9,13H,4-5,8,10-11H2,1-3H3/t13-/m1/s1. The van der Waals surface area contributed by atoms with Crippen LogP contribution in [0.15, 0.2) is 22.9 Å². The molecule has 0 radical (unpaired) electrons.